The third-order valence-electron chi connectivity index (χ3n) is 3.64. The van der Waals surface area contributed by atoms with Gasteiger partial charge in [-0.2, -0.15) is 0 Å². The molecule has 2 heteroatoms. The molecule has 0 saturated heterocycles. The average Bonchev–Trinajstić information content (AvgIpc) is 2.80. The first-order chi connectivity index (χ1) is 10.3. The van der Waals surface area contributed by atoms with E-state index in [0.717, 1.165) is 16.7 Å². The molecule has 0 fully saturated rings. The molecule has 0 aromatic heterocycles. The molecule has 0 N–H and O–H groups in total. The van der Waals surface area contributed by atoms with Crippen LogP contribution in [-0.4, -0.2) is 17.4 Å². The van der Waals surface area contributed by atoms with Crippen LogP contribution in [0.3, 0.4) is 0 Å². The number of amides is 1. The van der Waals surface area contributed by atoms with Crippen LogP contribution in [0.5, 0.6) is 0 Å². The molecule has 102 valence electrons. The zero-order valence-corrected chi connectivity index (χ0v) is 11.6. The fraction of sp³-hybridized carbons (Fsp3) is 0.105. The Morgan fingerprint density at radius 1 is 1.10 bits per heavy atom. The van der Waals surface area contributed by atoms with Gasteiger partial charge in [-0.1, -0.05) is 66.6 Å². The minimum Gasteiger partial charge on any atom is -0.317 e. The number of nitrogens with zero attached hydrogens (tertiary/aromatic N) is 1. The quantitative estimate of drug-likeness (QED) is 0.783. The first kappa shape index (κ1) is 13.2. The van der Waals surface area contributed by atoms with Gasteiger partial charge in [-0.05, 0) is 17.2 Å². The van der Waals surface area contributed by atoms with E-state index in [9.17, 15) is 4.79 Å². The molecule has 2 aromatic rings. The summed E-state index contributed by atoms with van der Waals surface area (Å²) in [6.45, 7) is 0.317. The van der Waals surface area contributed by atoms with Crippen molar-refractivity contribution >= 4 is 12.0 Å². The number of terminal acetylenes is 1. The Morgan fingerprint density at radius 2 is 1.81 bits per heavy atom. The van der Waals surface area contributed by atoms with Gasteiger partial charge < -0.3 is 4.90 Å². The maximum atomic E-state index is 12.4. The molecule has 1 aliphatic heterocycles. The highest BCUT2D eigenvalue weighted by Gasteiger charge is 2.34. The van der Waals surface area contributed by atoms with Crippen molar-refractivity contribution in [3.05, 3.63) is 77.4 Å². The van der Waals surface area contributed by atoms with Crippen LogP contribution in [0.25, 0.3) is 6.08 Å². The Kier molecular flexibility index (Phi) is 3.57. The Morgan fingerprint density at radius 3 is 2.57 bits per heavy atom. The molecular formula is C19H15NO. The highest BCUT2D eigenvalue weighted by molar-refractivity contribution is 5.99. The van der Waals surface area contributed by atoms with Gasteiger partial charge in [-0.25, -0.2) is 0 Å². The normalized spacial score (nSPS) is 17.0. The Balaban J connectivity index is 1.97. The number of rotatable bonds is 3. The molecule has 1 amide bonds. The second kappa shape index (κ2) is 5.68. The molecule has 0 spiro atoms. The zero-order chi connectivity index (χ0) is 14.7. The standard InChI is InChI=1S/C19H15NO/c1-2-14-20-18(13-12-15-8-4-3-5-9-15)16-10-6-7-11-17(16)19(20)21/h1,3-13,18H,14H2/b13-12+. The van der Waals surface area contributed by atoms with Crippen LogP contribution in [0.1, 0.15) is 27.5 Å². The van der Waals surface area contributed by atoms with E-state index in [-0.39, 0.29) is 11.9 Å². The van der Waals surface area contributed by atoms with Gasteiger partial charge in [0.05, 0.1) is 12.6 Å². The van der Waals surface area contributed by atoms with E-state index in [1.807, 2.05) is 66.7 Å². The number of hydrogen-bond acceptors (Lipinski definition) is 1. The molecule has 0 aliphatic carbocycles. The van der Waals surface area contributed by atoms with E-state index in [1.165, 1.54) is 0 Å². The summed E-state index contributed by atoms with van der Waals surface area (Å²) in [4.78, 5) is 14.1. The molecule has 3 rings (SSSR count). The maximum Gasteiger partial charge on any atom is 0.255 e. The predicted octanol–water partition coefficient (Wildman–Crippen LogP) is 3.53. The molecule has 21 heavy (non-hydrogen) atoms. The van der Waals surface area contributed by atoms with Crippen LogP contribution >= 0.6 is 0 Å². The third kappa shape index (κ3) is 2.46. The minimum atomic E-state index is -0.0926. The summed E-state index contributed by atoms with van der Waals surface area (Å²) in [5, 5.41) is 0. The van der Waals surface area contributed by atoms with E-state index in [4.69, 9.17) is 6.42 Å². The van der Waals surface area contributed by atoms with Gasteiger partial charge in [-0.15, -0.1) is 6.42 Å². The highest BCUT2D eigenvalue weighted by Crippen LogP contribution is 2.34. The smallest absolute Gasteiger partial charge is 0.255 e. The topological polar surface area (TPSA) is 20.3 Å². The van der Waals surface area contributed by atoms with Crippen molar-refractivity contribution in [1.29, 1.82) is 0 Å². The van der Waals surface area contributed by atoms with Crippen LogP contribution in [0.15, 0.2) is 60.7 Å². The number of hydrogen-bond donors (Lipinski definition) is 0. The number of carbonyl (C=O) groups excluding carboxylic acids is 1. The lowest BCUT2D eigenvalue weighted by atomic mass is 10.0. The summed E-state index contributed by atoms with van der Waals surface area (Å²) in [5.74, 6) is 2.58. The van der Waals surface area contributed by atoms with Crippen molar-refractivity contribution in [3.8, 4) is 12.3 Å². The molecule has 1 unspecified atom stereocenters. The van der Waals surface area contributed by atoms with Gasteiger partial charge in [0.15, 0.2) is 0 Å². The molecule has 1 heterocycles. The monoisotopic (exact) mass is 273 g/mol. The third-order valence-corrected chi connectivity index (χ3v) is 3.64. The van der Waals surface area contributed by atoms with Crippen molar-refractivity contribution in [3.63, 3.8) is 0 Å². The van der Waals surface area contributed by atoms with E-state index >= 15 is 0 Å². The van der Waals surface area contributed by atoms with E-state index in [1.54, 1.807) is 4.90 Å². The van der Waals surface area contributed by atoms with Crippen molar-refractivity contribution in [1.82, 2.24) is 4.90 Å². The SMILES string of the molecule is C#CCN1C(=O)c2ccccc2C1/C=C/c1ccccc1. The van der Waals surface area contributed by atoms with E-state index in [2.05, 4.69) is 5.92 Å². The zero-order valence-electron chi connectivity index (χ0n) is 11.6. The van der Waals surface area contributed by atoms with Gasteiger partial charge >= 0.3 is 0 Å². The molecule has 1 aliphatic rings. The molecule has 0 radical (unpaired) electrons. The van der Waals surface area contributed by atoms with Crippen LogP contribution < -0.4 is 0 Å². The van der Waals surface area contributed by atoms with Crippen LogP contribution in [0.4, 0.5) is 0 Å². The first-order valence-corrected chi connectivity index (χ1v) is 6.88. The predicted molar refractivity (Wildman–Crippen MR) is 84.5 cm³/mol. The van der Waals surface area contributed by atoms with Gasteiger partial charge in [0.1, 0.15) is 0 Å². The number of benzene rings is 2. The lowest BCUT2D eigenvalue weighted by Crippen LogP contribution is -2.27. The summed E-state index contributed by atoms with van der Waals surface area (Å²) < 4.78 is 0. The van der Waals surface area contributed by atoms with E-state index < -0.39 is 0 Å². The highest BCUT2D eigenvalue weighted by atomic mass is 16.2. The summed E-state index contributed by atoms with van der Waals surface area (Å²) in [6.07, 6.45) is 9.48. The van der Waals surface area contributed by atoms with Crippen molar-refractivity contribution in [2.75, 3.05) is 6.54 Å². The summed E-state index contributed by atoms with van der Waals surface area (Å²) in [5.41, 5.74) is 2.87. The van der Waals surface area contributed by atoms with Crippen LogP contribution in [0.2, 0.25) is 0 Å². The molecular weight excluding hydrogens is 258 g/mol. The van der Waals surface area contributed by atoms with Crippen molar-refractivity contribution < 1.29 is 4.79 Å². The maximum absolute atomic E-state index is 12.4. The van der Waals surface area contributed by atoms with Crippen molar-refractivity contribution in [2.45, 2.75) is 6.04 Å². The van der Waals surface area contributed by atoms with E-state index in [0.29, 0.717) is 6.54 Å². The minimum absolute atomic E-state index is 0.00580. The fourth-order valence-electron chi connectivity index (χ4n) is 2.64. The van der Waals surface area contributed by atoms with Gasteiger partial charge in [0, 0.05) is 5.56 Å². The second-order valence-electron chi connectivity index (χ2n) is 4.94. The first-order valence-electron chi connectivity index (χ1n) is 6.88. The van der Waals surface area contributed by atoms with Crippen molar-refractivity contribution in [2.24, 2.45) is 0 Å². The molecule has 0 bridgehead atoms. The number of carbonyl (C=O) groups is 1. The second-order valence-corrected chi connectivity index (χ2v) is 4.94. The summed E-state index contributed by atoms with van der Waals surface area (Å²) in [6, 6.07) is 17.6. The van der Waals surface area contributed by atoms with Gasteiger partial charge in [0.25, 0.3) is 5.91 Å². The lowest BCUT2D eigenvalue weighted by Gasteiger charge is -2.20. The van der Waals surface area contributed by atoms with Crippen LogP contribution in [-0.2, 0) is 0 Å². The molecule has 1 atom stereocenters. The molecule has 2 nitrogen and oxygen atoms in total. The van der Waals surface area contributed by atoms with Gasteiger partial charge in [-0.3, -0.25) is 4.79 Å². The Labute approximate surface area is 124 Å². The Bertz CT molecular complexity index is 725. The Hall–Kier alpha value is -2.79. The summed E-state index contributed by atoms with van der Waals surface area (Å²) >= 11 is 0. The largest absolute Gasteiger partial charge is 0.317 e. The van der Waals surface area contributed by atoms with Crippen LogP contribution in [0, 0.1) is 12.3 Å². The molecule has 0 saturated carbocycles. The van der Waals surface area contributed by atoms with Gasteiger partial charge in [0.2, 0.25) is 0 Å². The lowest BCUT2D eigenvalue weighted by molar-refractivity contribution is 0.0777. The fourth-order valence-corrected chi connectivity index (χ4v) is 2.64. The molecule has 2 aromatic carbocycles. The summed E-state index contributed by atoms with van der Waals surface area (Å²) in [7, 11) is 0. The number of fused-ring (bicyclic) bond motifs is 1. The average molecular weight is 273 g/mol.